The van der Waals surface area contributed by atoms with E-state index in [2.05, 4.69) is 0 Å². The zero-order valence-corrected chi connectivity index (χ0v) is 8.80. The van der Waals surface area contributed by atoms with E-state index in [9.17, 15) is 13.2 Å². The van der Waals surface area contributed by atoms with Gasteiger partial charge in [0.1, 0.15) is 0 Å². The molecule has 2 rings (SSSR count). The predicted octanol–water partition coefficient (Wildman–Crippen LogP) is 3.51. The van der Waals surface area contributed by atoms with E-state index in [4.69, 9.17) is 5.73 Å². The van der Waals surface area contributed by atoms with Gasteiger partial charge in [0, 0.05) is 6.04 Å². The molecule has 0 saturated heterocycles. The summed E-state index contributed by atoms with van der Waals surface area (Å²) in [6, 6.07) is 5.06. The fourth-order valence-electron chi connectivity index (χ4n) is 1.79. The second kappa shape index (κ2) is 4.09. The second-order valence-corrected chi connectivity index (χ2v) is 4.41. The first-order valence-corrected chi connectivity index (χ1v) is 5.39. The average Bonchev–Trinajstić information content (AvgIpc) is 3.00. The number of benzene rings is 1. The van der Waals surface area contributed by atoms with Crippen molar-refractivity contribution in [2.24, 2.45) is 11.7 Å². The second-order valence-electron chi connectivity index (χ2n) is 4.41. The Bertz CT molecular complexity index is 369. The quantitative estimate of drug-likeness (QED) is 0.843. The Morgan fingerprint density at radius 3 is 2.56 bits per heavy atom. The first-order valence-electron chi connectivity index (χ1n) is 5.39. The molecule has 1 aromatic rings. The molecule has 0 aromatic heterocycles. The van der Waals surface area contributed by atoms with Crippen molar-refractivity contribution in [3.63, 3.8) is 0 Å². The Kier molecular flexibility index (Phi) is 2.93. The van der Waals surface area contributed by atoms with Gasteiger partial charge in [0.25, 0.3) is 0 Å². The van der Waals surface area contributed by atoms with Gasteiger partial charge < -0.3 is 5.73 Å². The molecule has 1 fully saturated rings. The minimum Gasteiger partial charge on any atom is -0.324 e. The Morgan fingerprint density at radius 1 is 1.31 bits per heavy atom. The van der Waals surface area contributed by atoms with Gasteiger partial charge in [0.2, 0.25) is 0 Å². The highest BCUT2D eigenvalue weighted by Gasteiger charge is 2.31. The van der Waals surface area contributed by atoms with Crippen LogP contribution in [0.25, 0.3) is 0 Å². The summed E-state index contributed by atoms with van der Waals surface area (Å²) in [5, 5.41) is 0. The normalized spacial score (nSPS) is 18.5. The van der Waals surface area contributed by atoms with Crippen molar-refractivity contribution in [3.05, 3.63) is 35.4 Å². The number of rotatable bonds is 3. The highest BCUT2D eigenvalue weighted by Crippen LogP contribution is 2.37. The summed E-state index contributed by atoms with van der Waals surface area (Å²) in [6.45, 7) is 0. The van der Waals surface area contributed by atoms with Crippen molar-refractivity contribution in [3.8, 4) is 0 Å². The van der Waals surface area contributed by atoms with Gasteiger partial charge in [-0.15, -0.1) is 0 Å². The van der Waals surface area contributed by atoms with Gasteiger partial charge in [-0.25, -0.2) is 0 Å². The van der Waals surface area contributed by atoms with Crippen LogP contribution in [0.1, 0.15) is 36.4 Å². The molecule has 0 heterocycles. The number of hydrogen-bond donors (Lipinski definition) is 1. The molecule has 16 heavy (non-hydrogen) atoms. The molecule has 0 spiro atoms. The van der Waals surface area contributed by atoms with E-state index in [0.29, 0.717) is 11.5 Å². The van der Waals surface area contributed by atoms with Gasteiger partial charge >= 0.3 is 6.18 Å². The lowest BCUT2D eigenvalue weighted by molar-refractivity contribution is -0.137. The summed E-state index contributed by atoms with van der Waals surface area (Å²) >= 11 is 0. The van der Waals surface area contributed by atoms with Crippen LogP contribution >= 0.6 is 0 Å². The van der Waals surface area contributed by atoms with Crippen molar-refractivity contribution in [2.45, 2.75) is 31.5 Å². The molecule has 1 aromatic carbocycles. The molecule has 0 bridgehead atoms. The van der Waals surface area contributed by atoms with E-state index in [1.807, 2.05) is 0 Å². The summed E-state index contributed by atoms with van der Waals surface area (Å²) in [7, 11) is 0. The first-order chi connectivity index (χ1) is 7.47. The monoisotopic (exact) mass is 229 g/mol. The summed E-state index contributed by atoms with van der Waals surface area (Å²) in [5.74, 6) is 0.615. The van der Waals surface area contributed by atoms with Crippen LogP contribution in [0.3, 0.4) is 0 Å². The largest absolute Gasteiger partial charge is 0.416 e. The molecule has 1 atom stereocenters. The van der Waals surface area contributed by atoms with Crippen molar-refractivity contribution >= 4 is 0 Å². The van der Waals surface area contributed by atoms with Crippen LogP contribution < -0.4 is 5.73 Å². The van der Waals surface area contributed by atoms with Crippen LogP contribution in [0.4, 0.5) is 13.2 Å². The highest BCUT2D eigenvalue weighted by molar-refractivity contribution is 5.27. The topological polar surface area (TPSA) is 26.0 Å². The van der Waals surface area contributed by atoms with E-state index in [0.717, 1.165) is 31.4 Å². The molecule has 0 aliphatic heterocycles. The summed E-state index contributed by atoms with van der Waals surface area (Å²) in [4.78, 5) is 0. The van der Waals surface area contributed by atoms with Crippen LogP contribution in [0, 0.1) is 5.92 Å². The Labute approximate surface area is 92.5 Å². The SMILES string of the molecule is N[C@@H](CC1CC1)c1cccc(C(F)(F)F)c1. The van der Waals surface area contributed by atoms with E-state index < -0.39 is 11.7 Å². The Balaban J connectivity index is 2.14. The average molecular weight is 229 g/mol. The first kappa shape index (κ1) is 11.5. The van der Waals surface area contributed by atoms with E-state index in [1.165, 1.54) is 6.07 Å². The molecule has 4 heteroatoms. The summed E-state index contributed by atoms with van der Waals surface area (Å²) < 4.78 is 37.4. The molecular weight excluding hydrogens is 215 g/mol. The van der Waals surface area contributed by atoms with E-state index in [-0.39, 0.29) is 6.04 Å². The van der Waals surface area contributed by atoms with Crippen LogP contribution in [-0.2, 0) is 6.18 Å². The van der Waals surface area contributed by atoms with Crippen LogP contribution in [0.15, 0.2) is 24.3 Å². The zero-order chi connectivity index (χ0) is 11.8. The van der Waals surface area contributed by atoms with Gasteiger partial charge in [-0.05, 0) is 30.0 Å². The molecule has 1 aliphatic carbocycles. The maximum atomic E-state index is 12.5. The smallest absolute Gasteiger partial charge is 0.324 e. The van der Waals surface area contributed by atoms with Crippen molar-refractivity contribution in [1.29, 1.82) is 0 Å². The lowest BCUT2D eigenvalue weighted by Gasteiger charge is -2.14. The Hall–Kier alpha value is -1.03. The third kappa shape index (κ3) is 2.76. The molecule has 1 saturated carbocycles. The van der Waals surface area contributed by atoms with E-state index in [1.54, 1.807) is 6.07 Å². The molecule has 0 radical (unpaired) electrons. The van der Waals surface area contributed by atoms with Crippen molar-refractivity contribution < 1.29 is 13.2 Å². The number of alkyl halides is 3. The molecule has 2 N–H and O–H groups in total. The molecule has 1 aliphatic rings. The minimum absolute atomic E-state index is 0.269. The van der Waals surface area contributed by atoms with Crippen molar-refractivity contribution in [2.75, 3.05) is 0 Å². The molecule has 88 valence electrons. The van der Waals surface area contributed by atoms with Crippen molar-refractivity contribution in [1.82, 2.24) is 0 Å². The van der Waals surface area contributed by atoms with Gasteiger partial charge in [-0.2, -0.15) is 13.2 Å². The lowest BCUT2D eigenvalue weighted by Crippen LogP contribution is -2.13. The van der Waals surface area contributed by atoms with Gasteiger partial charge in [0.15, 0.2) is 0 Å². The maximum Gasteiger partial charge on any atom is 0.416 e. The van der Waals surface area contributed by atoms with Gasteiger partial charge in [-0.3, -0.25) is 0 Å². The molecule has 0 amide bonds. The third-order valence-electron chi connectivity index (χ3n) is 2.93. The fourth-order valence-corrected chi connectivity index (χ4v) is 1.79. The van der Waals surface area contributed by atoms with Gasteiger partial charge in [0.05, 0.1) is 5.56 Å². The molecule has 0 unspecified atom stereocenters. The summed E-state index contributed by atoms with van der Waals surface area (Å²) in [5.41, 5.74) is 5.85. The summed E-state index contributed by atoms with van der Waals surface area (Å²) in [6.07, 6.45) is -1.17. The van der Waals surface area contributed by atoms with Crippen LogP contribution in [0.5, 0.6) is 0 Å². The third-order valence-corrected chi connectivity index (χ3v) is 2.93. The highest BCUT2D eigenvalue weighted by atomic mass is 19.4. The lowest BCUT2D eigenvalue weighted by atomic mass is 10.00. The number of hydrogen-bond acceptors (Lipinski definition) is 1. The number of nitrogens with two attached hydrogens (primary N) is 1. The fraction of sp³-hybridized carbons (Fsp3) is 0.500. The predicted molar refractivity (Wildman–Crippen MR) is 55.7 cm³/mol. The molecular formula is C12H14F3N. The minimum atomic E-state index is -4.28. The van der Waals surface area contributed by atoms with Gasteiger partial charge in [-0.1, -0.05) is 25.0 Å². The Morgan fingerprint density at radius 2 is 2.00 bits per heavy atom. The number of halogens is 3. The van der Waals surface area contributed by atoms with E-state index >= 15 is 0 Å². The van der Waals surface area contributed by atoms with Crippen LogP contribution in [0.2, 0.25) is 0 Å². The van der Waals surface area contributed by atoms with Crippen LogP contribution in [-0.4, -0.2) is 0 Å². The molecule has 1 nitrogen and oxygen atoms in total. The zero-order valence-electron chi connectivity index (χ0n) is 8.80. The standard InChI is InChI=1S/C12H14F3N/c13-12(14,15)10-3-1-2-9(7-10)11(16)6-8-4-5-8/h1-3,7-8,11H,4-6,16H2/t11-/m0/s1. The maximum absolute atomic E-state index is 12.5.